The Labute approximate surface area is 233 Å². The van der Waals surface area contributed by atoms with Crippen LogP contribution in [0.25, 0.3) is 0 Å². The SMILES string of the molecule is CCCC(OC)OC.CCC[C@@H]1O[C@@H]2C[C@H]3C4CCC5=CC(=O)C=CC5(C)[C@H]4[C@@H](O)CC3(C)[C@]2(C(=O)CO)O1. The van der Waals surface area contributed by atoms with Crippen LogP contribution in [-0.4, -0.2) is 73.0 Å². The number of hydrogen-bond donors (Lipinski definition) is 2. The largest absolute Gasteiger partial charge is 0.393 e. The normalized spacial score (nSPS) is 42.2. The Morgan fingerprint density at radius 3 is 2.51 bits per heavy atom. The lowest BCUT2D eigenvalue weighted by atomic mass is 9.46. The molecule has 3 unspecified atom stereocenters. The van der Waals surface area contributed by atoms with E-state index in [-0.39, 0.29) is 41.0 Å². The highest BCUT2D eigenvalue weighted by Gasteiger charge is 2.75. The van der Waals surface area contributed by atoms with Gasteiger partial charge >= 0.3 is 0 Å². The summed E-state index contributed by atoms with van der Waals surface area (Å²) in [5.41, 5.74) is -1.05. The molecule has 5 aliphatic rings. The lowest BCUT2D eigenvalue weighted by Crippen LogP contribution is -2.63. The quantitative estimate of drug-likeness (QED) is 0.436. The summed E-state index contributed by atoms with van der Waals surface area (Å²) in [6.45, 7) is 7.78. The number of allylic oxidation sites excluding steroid dienone is 4. The zero-order chi connectivity index (χ0) is 28.6. The predicted octanol–water partition coefficient (Wildman–Crippen LogP) is 4.12. The first-order valence-corrected chi connectivity index (χ1v) is 14.7. The van der Waals surface area contributed by atoms with E-state index in [0.29, 0.717) is 19.3 Å². The molecule has 0 bridgehead atoms. The number of methoxy groups -OCH3 is 2. The summed E-state index contributed by atoms with van der Waals surface area (Å²) < 4.78 is 22.5. The smallest absolute Gasteiger partial charge is 0.193 e. The van der Waals surface area contributed by atoms with E-state index >= 15 is 0 Å². The maximum absolute atomic E-state index is 13.2. The van der Waals surface area contributed by atoms with Gasteiger partial charge in [0.2, 0.25) is 0 Å². The van der Waals surface area contributed by atoms with E-state index < -0.39 is 36.1 Å². The van der Waals surface area contributed by atoms with E-state index in [9.17, 15) is 19.8 Å². The molecule has 9 atom stereocenters. The van der Waals surface area contributed by atoms with Crippen molar-refractivity contribution in [3.05, 3.63) is 23.8 Å². The van der Waals surface area contributed by atoms with Gasteiger partial charge in [-0.3, -0.25) is 9.59 Å². The molecule has 3 saturated carbocycles. The lowest BCUT2D eigenvalue weighted by molar-refractivity contribution is -0.200. The van der Waals surface area contributed by atoms with Crippen LogP contribution in [0.1, 0.15) is 79.1 Å². The number of Topliss-reactive ketones (excluding diaryl/α,β-unsaturated/α-hetero) is 1. The van der Waals surface area contributed by atoms with Gasteiger partial charge in [0.15, 0.2) is 29.7 Å². The van der Waals surface area contributed by atoms with Crippen LogP contribution in [0.3, 0.4) is 0 Å². The summed E-state index contributed by atoms with van der Waals surface area (Å²) >= 11 is 0. The Kier molecular flexibility index (Phi) is 9.26. The van der Waals surface area contributed by atoms with Crippen LogP contribution in [0.15, 0.2) is 23.8 Å². The third kappa shape index (κ3) is 4.89. The molecule has 2 N–H and O–H groups in total. The highest BCUT2D eigenvalue weighted by molar-refractivity contribution is 6.01. The first kappa shape index (κ1) is 30.5. The number of hydrogen-bond acceptors (Lipinski definition) is 8. The second-order valence-corrected chi connectivity index (χ2v) is 12.4. The third-order valence-electron chi connectivity index (χ3n) is 10.4. The highest BCUT2D eigenvalue weighted by Crippen LogP contribution is 2.69. The van der Waals surface area contributed by atoms with Gasteiger partial charge in [0.1, 0.15) is 6.61 Å². The molecule has 39 heavy (non-hydrogen) atoms. The fourth-order valence-electron chi connectivity index (χ4n) is 8.69. The van der Waals surface area contributed by atoms with Crippen LogP contribution >= 0.6 is 0 Å². The number of carbonyl (C=O) groups is 2. The Morgan fingerprint density at radius 1 is 1.21 bits per heavy atom. The number of aliphatic hydroxyl groups excluding tert-OH is 2. The Bertz CT molecular complexity index is 972. The molecular formula is C31H48O8. The van der Waals surface area contributed by atoms with Crippen molar-refractivity contribution in [2.45, 2.75) is 109 Å². The van der Waals surface area contributed by atoms with Gasteiger partial charge in [0.05, 0.1) is 12.2 Å². The average Bonchev–Trinajstić information content (AvgIpc) is 3.39. The van der Waals surface area contributed by atoms with Crippen LogP contribution in [0.4, 0.5) is 0 Å². The van der Waals surface area contributed by atoms with Gasteiger partial charge < -0.3 is 29.2 Å². The molecule has 0 amide bonds. The average molecular weight is 549 g/mol. The van der Waals surface area contributed by atoms with Gasteiger partial charge in [0.25, 0.3) is 0 Å². The van der Waals surface area contributed by atoms with Crippen molar-refractivity contribution < 1.29 is 38.7 Å². The number of fused-ring (bicyclic) bond motifs is 7. The Balaban J connectivity index is 0.000000386. The van der Waals surface area contributed by atoms with Gasteiger partial charge in [-0.2, -0.15) is 0 Å². The summed E-state index contributed by atoms with van der Waals surface area (Å²) in [5, 5.41) is 21.4. The molecule has 0 aromatic carbocycles. The van der Waals surface area contributed by atoms with Crippen LogP contribution < -0.4 is 0 Å². The lowest BCUT2D eigenvalue weighted by Gasteiger charge is -2.59. The van der Waals surface area contributed by atoms with Gasteiger partial charge in [0, 0.05) is 31.0 Å². The van der Waals surface area contributed by atoms with E-state index in [0.717, 1.165) is 37.7 Å². The molecular weight excluding hydrogens is 500 g/mol. The van der Waals surface area contributed by atoms with Crippen molar-refractivity contribution in [3.63, 3.8) is 0 Å². The zero-order valence-corrected chi connectivity index (χ0v) is 24.5. The van der Waals surface area contributed by atoms with Crippen LogP contribution in [0.5, 0.6) is 0 Å². The topological polar surface area (TPSA) is 112 Å². The standard InChI is InChI=1S/C25H34O6.C6H14O2/c1-4-5-21-30-20-11-17-16-7-6-14-10-15(27)8-9-23(14,2)22(16)18(28)12-24(17,3)25(20,31-21)19(29)13-26;1-4-5-6(7-2)8-3/h8-10,16-18,20-22,26,28H,4-7,11-13H2,1-3H3;6H,4-5H2,1-3H3/t16?,17-,18-,20+,21+,22+,23?,24?,25+;/m0./s1. The Hall–Kier alpha value is -1.42. The van der Waals surface area contributed by atoms with E-state index in [1.807, 2.05) is 6.08 Å². The number of rotatable bonds is 8. The molecule has 0 aromatic heterocycles. The number of ether oxygens (including phenoxy) is 4. The minimum Gasteiger partial charge on any atom is -0.393 e. The molecule has 220 valence electrons. The van der Waals surface area contributed by atoms with Crippen LogP contribution in [0.2, 0.25) is 0 Å². The monoisotopic (exact) mass is 548 g/mol. The van der Waals surface area contributed by atoms with Crippen molar-refractivity contribution >= 4 is 11.6 Å². The molecule has 1 aliphatic heterocycles. The molecule has 4 fully saturated rings. The summed E-state index contributed by atoms with van der Waals surface area (Å²) in [7, 11) is 3.31. The van der Waals surface area contributed by atoms with Gasteiger partial charge in [-0.1, -0.05) is 52.2 Å². The van der Waals surface area contributed by atoms with E-state index in [1.54, 1.807) is 26.4 Å². The van der Waals surface area contributed by atoms with Crippen molar-refractivity contribution in [1.29, 1.82) is 0 Å². The van der Waals surface area contributed by atoms with Crippen LogP contribution in [0, 0.1) is 28.6 Å². The van der Waals surface area contributed by atoms with Crippen molar-refractivity contribution in [3.8, 4) is 0 Å². The molecule has 4 aliphatic carbocycles. The van der Waals surface area contributed by atoms with Crippen molar-refractivity contribution in [2.24, 2.45) is 28.6 Å². The van der Waals surface area contributed by atoms with Crippen LogP contribution in [-0.2, 0) is 28.5 Å². The molecule has 5 rings (SSSR count). The van der Waals surface area contributed by atoms with E-state index in [1.165, 1.54) is 0 Å². The summed E-state index contributed by atoms with van der Waals surface area (Å²) in [6, 6.07) is 0. The minimum absolute atomic E-state index is 0.000000000000000444. The van der Waals surface area contributed by atoms with E-state index in [2.05, 4.69) is 27.7 Å². The Morgan fingerprint density at radius 2 is 1.92 bits per heavy atom. The maximum Gasteiger partial charge on any atom is 0.193 e. The molecule has 8 nitrogen and oxygen atoms in total. The maximum atomic E-state index is 13.2. The fourth-order valence-corrected chi connectivity index (χ4v) is 8.69. The predicted molar refractivity (Wildman–Crippen MR) is 146 cm³/mol. The van der Waals surface area contributed by atoms with Gasteiger partial charge in [-0.15, -0.1) is 0 Å². The fraction of sp³-hybridized carbons (Fsp3) is 0.806. The molecule has 1 heterocycles. The molecule has 0 radical (unpaired) electrons. The second kappa shape index (κ2) is 11.8. The first-order chi connectivity index (χ1) is 18.6. The summed E-state index contributed by atoms with van der Waals surface area (Å²) in [4.78, 5) is 25.2. The van der Waals surface area contributed by atoms with Gasteiger partial charge in [-0.05, 0) is 62.5 Å². The first-order valence-electron chi connectivity index (χ1n) is 14.7. The third-order valence-corrected chi connectivity index (χ3v) is 10.4. The summed E-state index contributed by atoms with van der Waals surface area (Å²) in [5.74, 6) is 0.0274. The summed E-state index contributed by atoms with van der Waals surface area (Å²) in [6.07, 6.45) is 10.4. The van der Waals surface area contributed by atoms with Gasteiger partial charge in [-0.25, -0.2) is 0 Å². The highest BCUT2D eigenvalue weighted by atomic mass is 16.7. The molecule has 8 heteroatoms. The number of carbonyl (C=O) groups excluding carboxylic acids is 2. The number of ketones is 2. The van der Waals surface area contributed by atoms with Crippen molar-refractivity contribution in [1.82, 2.24) is 0 Å². The van der Waals surface area contributed by atoms with E-state index in [4.69, 9.17) is 18.9 Å². The molecule has 0 spiro atoms. The van der Waals surface area contributed by atoms with Crippen molar-refractivity contribution in [2.75, 3.05) is 20.8 Å². The number of aliphatic hydroxyl groups is 2. The second-order valence-electron chi connectivity index (χ2n) is 12.4. The molecule has 1 saturated heterocycles. The zero-order valence-electron chi connectivity index (χ0n) is 24.5. The minimum atomic E-state index is -1.20. The molecule has 0 aromatic rings.